The van der Waals surface area contributed by atoms with Gasteiger partial charge < -0.3 is 25.2 Å². The van der Waals surface area contributed by atoms with Crippen molar-refractivity contribution in [2.24, 2.45) is 4.99 Å². The van der Waals surface area contributed by atoms with Crippen molar-refractivity contribution < 1.29 is 9.53 Å². The van der Waals surface area contributed by atoms with E-state index in [9.17, 15) is 4.79 Å². The van der Waals surface area contributed by atoms with Crippen LogP contribution >= 0.6 is 0 Å². The molecule has 0 spiro atoms. The van der Waals surface area contributed by atoms with E-state index in [4.69, 9.17) is 4.74 Å². The smallest absolute Gasteiger partial charge is 0.241 e. The summed E-state index contributed by atoms with van der Waals surface area (Å²) in [7, 11) is 7.21. The molecule has 0 radical (unpaired) electrons. The van der Waals surface area contributed by atoms with Crippen LogP contribution in [0.2, 0.25) is 0 Å². The fourth-order valence-electron chi connectivity index (χ4n) is 2.82. The number of benzene rings is 2. The zero-order chi connectivity index (χ0) is 21.8. The highest BCUT2D eigenvalue weighted by atomic mass is 16.5. The van der Waals surface area contributed by atoms with Gasteiger partial charge in [-0.25, -0.2) is 4.99 Å². The highest BCUT2D eigenvalue weighted by Crippen LogP contribution is 2.17. The SMILES string of the molecule is COc1ccccc1CN=C(NCCCN(C)c1ccccc1)NCC(=O)N(C)C. The van der Waals surface area contributed by atoms with Crippen LogP contribution in [0, 0.1) is 0 Å². The van der Waals surface area contributed by atoms with Crippen molar-refractivity contribution in [3.63, 3.8) is 0 Å². The van der Waals surface area contributed by atoms with Gasteiger partial charge in [-0.3, -0.25) is 4.79 Å². The first-order valence-electron chi connectivity index (χ1n) is 10.1. The van der Waals surface area contributed by atoms with Crippen molar-refractivity contribution in [1.82, 2.24) is 15.5 Å². The van der Waals surface area contributed by atoms with Crippen molar-refractivity contribution in [3.05, 3.63) is 60.2 Å². The summed E-state index contributed by atoms with van der Waals surface area (Å²) < 4.78 is 5.40. The van der Waals surface area contributed by atoms with Gasteiger partial charge in [-0.1, -0.05) is 36.4 Å². The number of aliphatic imine (C=N–C) groups is 1. The fraction of sp³-hybridized carbons (Fsp3) is 0.391. The van der Waals surface area contributed by atoms with E-state index in [1.807, 2.05) is 42.5 Å². The Morgan fingerprint density at radius 1 is 1.00 bits per heavy atom. The molecule has 0 aliphatic carbocycles. The van der Waals surface area contributed by atoms with E-state index in [0.717, 1.165) is 30.8 Å². The minimum absolute atomic E-state index is 0.00870. The molecule has 0 bridgehead atoms. The molecule has 0 aliphatic rings. The molecule has 30 heavy (non-hydrogen) atoms. The lowest BCUT2D eigenvalue weighted by Crippen LogP contribution is -2.43. The number of carbonyl (C=O) groups is 1. The Bertz CT molecular complexity index is 808. The molecule has 2 rings (SSSR count). The van der Waals surface area contributed by atoms with E-state index < -0.39 is 0 Å². The van der Waals surface area contributed by atoms with Crippen molar-refractivity contribution >= 4 is 17.6 Å². The van der Waals surface area contributed by atoms with Gasteiger partial charge in [0.15, 0.2) is 5.96 Å². The molecule has 2 aromatic rings. The van der Waals surface area contributed by atoms with Crippen LogP contribution in [0.1, 0.15) is 12.0 Å². The summed E-state index contributed by atoms with van der Waals surface area (Å²) >= 11 is 0. The Kier molecular flexibility index (Phi) is 9.51. The summed E-state index contributed by atoms with van der Waals surface area (Å²) in [5.41, 5.74) is 2.18. The van der Waals surface area contributed by atoms with Gasteiger partial charge in [0.25, 0.3) is 0 Å². The summed E-state index contributed by atoms with van der Waals surface area (Å²) in [6, 6.07) is 18.1. The quantitative estimate of drug-likeness (QED) is 0.357. The Morgan fingerprint density at radius 3 is 2.40 bits per heavy atom. The molecule has 0 aliphatic heterocycles. The number of guanidine groups is 1. The Hall–Kier alpha value is -3.22. The third-order valence-corrected chi connectivity index (χ3v) is 4.67. The number of ether oxygens (including phenoxy) is 1. The zero-order valence-corrected chi connectivity index (χ0v) is 18.4. The van der Waals surface area contributed by atoms with Crippen LogP contribution in [-0.2, 0) is 11.3 Å². The highest BCUT2D eigenvalue weighted by Gasteiger charge is 2.07. The molecule has 0 unspecified atom stereocenters. The maximum Gasteiger partial charge on any atom is 0.241 e. The first-order chi connectivity index (χ1) is 14.5. The number of likely N-dealkylation sites (N-methyl/N-ethyl adjacent to an activating group) is 1. The van der Waals surface area contributed by atoms with E-state index >= 15 is 0 Å². The van der Waals surface area contributed by atoms with Crippen molar-refractivity contribution in [2.75, 3.05) is 52.8 Å². The third-order valence-electron chi connectivity index (χ3n) is 4.67. The minimum Gasteiger partial charge on any atom is -0.496 e. The topological polar surface area (TPSA) is 69.2 Å². The van der Waals surface area contributed by atoms with Crippen LogP contribution in [0.25, 0.3) is 0 Å². The Labute approximate surface area is 179 Å². The van der Waals surface area contributed by atoms with Gasteiger partial charge in [0.2, 0.25) is 5.91 Å². The maximum absolute atomic E-state index is 12.0. The van der Waals surface area contributed by atoms with E-state index in [0.29, 0.717) is 12.5 Å². The minimum atomic E-state index is -0.00870. The van der Waals surface area contributed by atoms with Gasteiger partial charge in [0.1, 0.15) is 5.75 Å². The zero-order valence-electron chi connectivity index (χ0n) is 18.4. The van der Waals surface area contributed by atoms with Crippen LogP contribution in [-0.4, -0.2) is 64.7 Å². The average molecular weight is 412 g/mol. The van der Waals surface area contributed by atoms with Gasteiger partial charge in [0.05, 0.1) is 20.2 Å². The molecule has 0 aromatic heterocycles. The summed E-state index contributed by atoms with van der Waals surface area (Å²) in [4.78, 5) is 20.4. The van der Waals surface area contributed by atoms with Crippen LogP contribution < -0.4 is 20.3 Å². The molecule has 2 aromatic carbocycles. The van der Waals surface area contributed by atoms with Crippen molar-refractivity contribution in [3.8, 4) is 5.75 Å². The number of hydrogen-bond acceptors (Lipinski definition) is 4. The number of carbonyl (C=O) groups excluding carboxylic acids is 1. The van der Waals surface area contributed by atoms with Crippen LogP contribution in [0.4, 0.5) is 5.69 Å². The first kappa shape index (κ1) is 23.1. The number of rotatable bonds is 10. The summed E-state index contributed by atoms with van der Waals surface area (Å²) in [5.74, 6) is 1.40. The monoisotopic (exact) mass is 411 g/mol. The lowest BCUT2D eigenvalue weighted by atomic mass is 10.2. The molecule has 0 fully saturated rings. The predicted molar refractivity (Wildman–Crippen MR) is 123 cm³/mol. The number of amides is 1. The van der Waals surface area contributed by atoms with Gasteiger partial charge >= 0.3 is 0 Å². The van der Waals surface area contributed by atoms with Crippen LogP contribution in [0.5, 0.6) is 5.75 Å². The molecule has 0 heterocycles. The summed E-state index contributed by atoms with van der Waals surface area (Å²) in [5, 5.41) is 6.45. The number of para-hydroxylation sites is 2. The van der Waals surface area contributed by atoms with E-state index in [2.05, 4.69) is 39.7 Å². The van der Waals surface area contributed by atoms with Gasteiger partial charge in [-0.05, 0) is 24.6 Å². The summed E-state index contributed by atoms with van der Waals surface area (Å²) in [6.07, 6.45) is 0.933. The van der Waals surface area contributed by atoms with E-state index in [1.54, 1.807) is 26.1 Å². The normalized spacial score (nSPS) is 11.0. The molecule has 7 nitrogen and oxygen atoms in total. The standard InChI is InChI=1S/C23H33N5O2/c1-27(2)22(29)18-26-23(25-17-19-11-8-9-14-21(19)30-4)24-15-10-16-28(3)20-12-6-5-7-13-20/h5-9,11-14H,10,15-18H2,1-4H3,(H2,24,25,26). The van der Waals surface area contributed by atoms with Crippen molar-refractivity contribution in [1.29, 1.82) is 0 Å². The molecule has 0 atom stereocenters. The number of methoxy groups -OCH3 is 1. The van der Waals surface area contributed by atoms with Gasteiger partial charge in [-0.2, -0.15) is 0 Å². The van der Waals surface area contributed by atoms with Crippen LogP contribution in [0.15, 0.2) is 59.6 Å². The second-order valence-corrected chi connectivity index (χ2v) is 7.16. The summed E-state index contributed by atoms with van der Waals surface area (Å²) in [6.45, 7) is 2.30. The molecule has 0 saturated heterocycles. The number of anilines is 1. The van der Waals surface area contributed by atoms with Gasteiger partial charge in [0, 0.05) is 45.5 Å². The molecule has 162 valence electrons. The van der Waals surface area contributed by atoms with E-state index in [-0.39, 0.29) is 12.5 Å². The number of nitrogens with one attached hydrogen (secondary N) is 2. The molecule has 7 heteroatoms. The largest absolute Gasteiger partial charge is 0.496 e. The van der Waals surface area contributed by atoms with Gasteiger partial charge in [-0.15, -0.1) is 0 Å². The predicted octanol–water partition coefficient (Wildman–Crippen LogP) is 2.35. The number of hydrogen-bond donors (Lipinski definition) is 2. The molecule has 2 N–H and O–H groups in total. The van der Waals surface area contributed by atoms with E-state index in [1.165, 1.54) is 5.69 Å². The highest BCUT2D eigenvalue weighted by molar-refractivity contribution is 5.86. The van der Waals surface area contributed by atoms with Crippen LogP contribution in [0.3, 0.4) is 0 Å². The molecule has 0 saturated carbocycles. The lowest BCUT2D eigenvalue weighted by molar-refractivity contribution is -0.127. The Balaban J connectivity index is 1.92. The lowest BCUT2D eigenvalue weighted by Gasteiger charge is -2.20. The van der Waals surface area contributed by atoms with Crippen molar-refractivity contribution in [2.45, 2.75) is 13.0 Å². The third kappa shape index (κ3) is 7.66. The number of nitrogens with zero attached hydrogens (tertiary/aromatic N) is 3. The second kappa shape index (κ2) is 12.4. The maximum atomic E-state index is 12.0. The second-order valence-electron chi connectivity index (χ2n) is 7.16. The Morgan fingerprint density at radius 2 is 1.70 bits per heavy atom. The average Bonchev–Trinajstić information content (AvgIpc) is 2.78. The first-order valence-corrected chi connectivity index (χ1v) is 10.1. The molecular weight excluding hydrogens is 378 g/mol. The molecular formula is C23H33N5O2. The molecule has 1 amide bonds. The fourth-order valence-corrected chi connectivity index (χ4v) is 2.82.